The molecule has 0 aliphatic rings. The van der Waals surface area contributed by atoms with Gasteiger partial charge in [0.25, 0.3) is 0 Å². The van der Waals surface area contributed by atoms with E-state index in [4.69, 9.17) is 0 Å². The molecular weight excluding hydrogens is 408 g/mol. The van der Waals surface area contributed by atoms with Crippen molar-refractivity contribution in [2.45, 2.75) is 24.3 Å². The molecule has 0 fully saturated rings. The molecule has 0 saturated heterocycles. The molecule has 0 radical (unpaired) electrons. The second-order valence-corrected chi connectivity index (χ2v) is 9.98. The Bertz CT molecular complexity index is 1430. The van der Waals surface area contributed by atoms with Gasteiger partial charge in [0.1, 0.15) is 0 Å². The third-order valence-corrected chi connectivity index (χ3v) is 6.12. The Morgan fingerprint density at radius 3 is 2.35 bits per heavy atom. The highest BCUT2D eigenvalue weighted by atomic mass is 32.2. The molecule has 2 N–H and O–H groups in total. The number of sulfone groups is 1. The minimum absolute atomic E-state index is 0.264. The number of nitrogens with zero attached hydrogens (tertiary/aromatic N) is 1. The van der Waals surface area contributed by atoms with E-state index >= 15 is 0 Å². The number of imidazole rings is 1. The summed E-state index contributed by atoms with van der Waals surface area (Å²) in [4.78, 5) is 8.01. The van der Waals surface area contributed by atoms with Gasteiger partial charge in [0.05, 0.1) is 21.5 Å². The second kappa shape index (κ2) is 7.69. The summed E-state index contributed by atoms with van der Waals surface area (Å²) in [5, 5.41) is 10.5. The quantitative estimate of drug-likeness (QED) is 0.476. The van der Waals surface area contributed by atoms with Gasteiger partial charge in [-0.2, -0.15) is 0 Å². The Kier molecular flexibility index (Phi) is 5.18. The van der Waals surface area contributed by atoms with Crippen LogP contribution < -0.4 is 0 Å². The highest BCUT2D eigenvalue weighted by molar-refractivity contribution is 7.90. The van der Waals surface area contributed by atoms with E-state index in [0.717, 1.165) is 27.7 Å². The summed E-state index contributed by atoms with van der Waals surface area (Å²) in [6.45, 7) is 3.55. The topological polar surface area (TPSA) is 83.1 Å². The van der Waals surface area contributed by atoms with E-state index in [2.05, 4.69) is 21.8 Å². The van der Waals surface area contributed by atoms with Crippen LogP contribution in [0.3, 0.4) is 0 Å². The number of rotatable bonds is 3. The van der Waals surface area contributed by atoms with Crippen molar-refractivity contribution in [3.63, 3.8) is 0 Å². The Morgan fingerprint density at radius 2 is 1.68 bits per heavy atom. The van der Waals surface area contributed by atoms with Crippen LogP contribution in [-0.4, -0.2) is 29.7 Å². The molecular formula is C25H22N2O3S. The number of hydrogen-bond acceptors (Lipinski definition) is 4. The lowest BCUT2D eigenvalue weighted by molar-refractivity contribution is 0.0792. The molecule has 1 heterocycles. The van der Waals surface area contributed by atoms with Gasteiger partial charge in [0.15, 0.2) is 15.7 Å². The molecule has 0 amide bonds. The van der Waals surface area contributed by atoms with Crippen LogP contribution >= 0.6 is 0 Å². The summed E-state index contributed by atoms with van der Waals surface area (Å²) >= 11 is 0. The standard InChI is InChI=1S/C25H22N2O3S/c1-25(2,28)21-7-5-4-6-20(21)18-11-14-22-23(16-18)27-24(26-22)15-10-17-8-12-19(13-9-17)31(3,29)30/h4-9,11-14,16,28H,1-3H3,(H,26,27). The first-order valence-electron chi connectivity index (χ1n) is 9.75. The SMILES string of the molecule is CC(C)(O)c1ccccc1-c1ccc2nc(C#Cc3ccc(S(C)(=O)=O)cc3)[nH]c2c1. The van der Waals surface area contributed by atoms with Crippen LogP contribution in [-0.2, 0) is 15.4 Å². The lowest BCUT2D eigenvalue weighted by Gasteiger charge is -2.21. The van der Waals surface area contributed by atoms with Crippen molar-refractivity contribution < 1.29 is 13.5 Å². The molecule has 0 aliphatic carbocycles. The molecule has 0 unspecified atom stereocenters. The predicted molar refractivity (Wildman–Crippen MR) is 122 cm³/mol. The number of aliphatic hydroxyl groups is 1. The molecule has 0 bridgehead atoms. The van der Waals surface area contributed by atoms with Gasteiger partial charge in [-0.05, 0) is 72.9 Å². The number of nitrogens with one attached hydrogen (secondary N) is 1. The normalized spacial score (nSPS) is 11.9. The van der Waals surface area contributed by atoms with Crippen LogP contribution in [0.2, 0.25) is 0 Å². The molecule has 6 heteroatoms. The van der Waals surface area contributed by atoms with Crippen molar-refractivity contribution >= 4 is 20.9 Å². The second-order valence-electron chi connectivity index (χ2n) is 7.97. The number of benzene rings is 3. The average Bonchev–Trinajstić information content (AvgIpc) is 3.13. The first kappa shape index (κ1) is 20.9. The fourth-order valence-corrected chi connectivity index (χ4v) is 4.05. The highest BCUT2D eigenvalue weighted by Crippen LogP contribution is 2.32. The molecule has 0 spiro atoms. The summed E-state index contributed by atoms with van der Waals surface area (Å²) in [7, 11) is -3.23. The van der Waals surface area contributed by atoms with Crippen LogP contribution in [0.1, 0.15) is 30.8 Å². The van der Waals surface area contributed by atoms with Crippen molar-refractivity contribution in [2.75, 3.05) is 6.26 Å². The summed E-state index contributed by atoms with van der Waals surface area (Å²) in [6, 6.07) is 20.1. The van der Waals surface area contributed by atoms with Crippen LogP contribution in [0, 0.1) is 11.8 Å². The zero-order chi connectivity index (χ0) is 22.2. The van der Waals surface area contributed by atoms with E-state index in [0.29, 0.717) is 11.4 Å². The van der Waals surface area contributed by atoms with Crippen molar-refractivity contribution in [3.05, 3.63) is 83.7 Å². The summed E-state index contributed by atoms with van der Waals surface area (Å²) in [6.07, 6.45) is 1.18. The van der Waals surface area contributed by atoms with Crippen LogP contribution in [0.5, 0.6) is 0 Å². The third kappa shape index (κ3) is 4.53. The lowest BCUT2D eigenvalue weighted by Crippen LogP contribution is -2.16. The monoisotopic (exact) mass is 430 g/mol. The van der Waals surface area contributed by atoms with Gasteiger partial charge in [-0.15, -0.1) is 0 Å². The zero-order valence-corrected chi connectivity index (χ0v) is 18.3. The van der Waals surface area contributed by atoms with Gasteiger partial charge in [-0.3, -0.25) is 0 Å². The van der Waals surface area contributed by atoms with E-state index in [9.17, 15) is 13.5 Å². The predicted octanol–water partition coefficient (Wildman–Crippen LogP) is 4.26. The van der Waals surface area contributed by atoms with E-state index < -0.39 is 15.4 Å². The van der Waals surface area contributed by atoms with Gasteiger partial charge < -0.3 is 10.1 Å². The molecule has 3 aromatic carbocycles. The van der Waals surface area contributed by atoms with E-state index in [1.54, 1.807) is 38.1 Å². The lowest BCUT2D eigenvalue weighted by atomic mass is 9.89. The summed E-state index contributed by atoms with van der Waals surface area (Å²) in [5.41, 5.74) is 4.18. The minimum atomic E-state index is -3.23. The highest BCUT2D eigenvalue weighted by Gasteiger charge is 2.20. The average molecular weight is 431 g/mol. The molecule has 4 rings (SSSR count). The molecule has 0 saturated carbocycles. The maximum Gasteiger partial charge on any atom is 0.184 e. The van der Waals surface area contributed by atoms with Gasteiger partial charge in [0.2, 0.25) is 0 Å². The molecule has 156 valence electrons. The molecule has 5 nitrogen and oxygen atoms in total. The van der Waals surface area contributed by atoms with E-state index in [1.165, 1.54) is 6.26 Å². The number of H-pyrrole nitrogens is 1. The molecule has 0 atom stereocenters. The van der Waals surface area contributed by atoms with E-state index in [1.807, 2.05) is 42.5 Å². The van der Waals surface area contributed by atoms with Crippen LogP contribution in [0.4, 0.5) is 0 Å². The molecule has 31 heavy (non-hydrogen) atoms. The van der Waals surface area contributed by atoms with Gasteiger partial charge in [-0.25, -0.2) is 13.4 Å². The maximum absolute atomic E-state index is 11.6. The Hall–Kier alpha value is -3.40. The maximum atomic E-state index is 11.6. The van der Waals surface area contributed by atoms with Gasteiger partial charge in [0, 0.05) is 11.8 Å². The zero-order valence-electron chi connectivity index (χ0n) is 17.5. The molecule has 4 aromatic rings. The smallest absolute Gasteiger partial charge is 0.184 e. The van der Waals surface area contributed by atoms with Crippen LogP contribution in [0.15, 0.2) is 71.6 Å². The fourth-order valence-electron chi connectivity index (χ4n) is 3.42. The van der Waals surface area contributed by atoms with Crippen LogP contribution in [0.25, 0.3) is 22.2 Å². The third-order valence-electron chi connectivity index (χ3n) is 4.99. The number of aromatic amines is 1. The van der Waals surface area contributed by atoms with Gasteiger partial charge in [-0.1, -0.05) is 36.3 Å². The number of hydrogen-bond donors (Lipinski definition) is 2. The first-order valence-corrected chi connectivity index (χ1v) is 11.6. The summed E-state index contributed by atoms with van der Waals surface area (Å²) in [5.74, 6) is 6.52. The van der Waals surface area contributed by atoms with E-state index in [-0.39, 0.29) is 4.90 Å². The summed E-state index contributed by atoms with van der Waals surface area (Å²) < 4.78 is 23.1. The van der Waals surface area contributed by atoms with Crippen molar-refractivity contribution in [3.8, 4) is 23.0 Å². The Labute approximate surface area is 181 Å². The van der Waals surface area contributed by atoms with Gasteiger partial charge >= 0.3 is 0 Å². The van der Waals surface area contributed by atoms with Crippen molar-refractivity contribution in [1.82, 2.24) is 9.97 Å². The van der Waals surface area contributed by atoms with Crippen molar-refractivity contribution in [2.24, 2.45) is 0 Å². The molecule has 0 aliphatic heterocycles. The Morgan fingerprint density at radius 1 is 0.968 bits per heavy atom. The molecule has 1 aromatic heterocycles. The largest absolute Gasteiger partial charge is 0.386 e. The Balaban J connectivity index is 1.67. The first-order chi connectivity index (χ1) is 14.6. The van der Waals surface area contributed by atoms with Crippen molar-refractivity contribution in [1.29, 1.82) is 0 Å². The minimum Gasteiger partial charge on any atom is -0.386 e. The number of fused-ring (bicyclic) bond motifs is 1. The fraction of sp³-hybridized carbons (Fsp3) is 0.160. The number of aromatic nitrogens is 2.